The van der Waals surface area contributed by atoms with Crippen LogP contribution in [0, 0.1) is 0 Å². The lowest BCUT2D eigenvalue weighted by Gasteiger charge is -2.07. The zero-order valence-electron chi connectivity index (χ0n) is 14.1. The van der Waals surface area contributed by atoms with Crippen LogP contribution in [0.15, 0.2) is 59.2 Å². The molecule has 0 aliphatic heterocycles. The molecule has 6 N–H and O–H groups in total. The number of hydrogen-bond donors (Lipinski definition) is 4. The van der Waals surface area contributed by atoms with Gasteiger partial charge in [-0.2, -0.15) is 0 Å². The van der Waals surface area contributed by atoms with Crippen LogP contribution >= 0.6 is 0 Å². The van der Waals surface area contributed by atoms with Crippen LogP contribution < -0.4 is 16.8 Å². The molecule has 1 unspecified atom stereocenters. The summed E-state index contributed by atoms with van der Waals surface area (Å²) >= 11 is 0. The lowest BCUT2D eigenvalue weighted by atomic mass is 10.1. The molecule has 0 aliphatic carbocycles. The quantitative estimate of drug-likeness (QED) is 0.503. The smallest absolute Gasteiger partial charge is 0.273 e. The highest BCUT2D eigenvalue weighted by atomic mass is 16.3. The van der Waals surface area contributed by atoms with Gasteiger partial charge in [-0.25, -0.2) is 4.98 Å². The second-order valence-electron chi connectivity index (χ2n) is 5.93. The predicted molar refractivity (Wildman–Crippen MR) is 97.3 cm³/mol. The van der Waals surface area contributed by atoms with E-state index in [9.17, 15) is 9.90 Å². The van der Waals surface area contributed by atoms with E-state index >= 15 is 0 Å². The van der Waals surface area contributed by atoms with Gasteiger partial charge in [-0.3, -0.25) is 4.79 Å². The number of phenols is 1. The van der Waals surface area contributed by atoms with Crippen molar-refractivity contribution >= 4 is 11.6 Å². The number of hydrogen-bond acceptors (Lipinski definition) is 6. The summed E-state index contributed by atoms with van der Waals surface area (Å²) < 4.78 is 5.35. The maximum Gasteiger partial charge on any atom is 0.273 e. The van der Waals surface area contributed by atoms with Crippen molar-refractivity contribution in [2.75, 3.05) is 5.73 Å². The normalized spacial score (nSPS) is 11.9. The molecule has 0 radical (unpaired) electrons. The summed E-state index contributed by atoms with van der Waals surface area (Å²) in [4.78, 5) is 16.4. The first-order chi connectivity index (χ1) is 12.5. The second kappa shape index (κ2) is 7.71. The molecule has 0 aliphatic rings. The van der Waals surface area contributed by atoms with Gasteiger partial charge in [0, 0.05) is 12.2 Å². The summed E-state index contributed by atoms with van der Waals surface area (Å²) in [6.45, 7) is 0.299. The minimum atomic E-state index is -0.495. The molecule has 0 saturated carbocycles. The zero-order valence-corrected chi connectivity index (χ0v) is 14.1. The largest absolute Gasteiger partial charge is 0.508 e. The van der Waals surface area contributed by atoms with Gasteiger partial charge in [0.15, 0.2) is 5.69 Å². The van der Waals surface area contributed by atoms with Gasteiger partial charge in [-0.05, 0) is 35.7 Å². The Morgan fingerprint density at radius 2 is 1.92 bits per heavy atom. The molecule has 1 heterocycles. The summed E-state index contributed by atoms with van der Waals surface area (Å²) in [6.07, 6.45) is 1.76. The van der Waals surface area contributed by atoms with E-state index in [2.05, 4.69) is 10.3 Å². The maximum absolute atomic E-state index is 12.2. The Morgan fingerprint density at radius 1 is 1.19 bits per heavy atom. The van der Waals surface area contributed by atoms with Crippen LogP contribution in [-0.4, -0.2) is 16.0 Å². The van der Waals surface area contributed by atoms with Gasteiger partial charge in [0.2, 0.25) is 5.89 Å². The number of phenolic OH excluding ortho intramolecular Hbond substituents is 1. The number of amides is 1. The summed E-state index contributed by atoms with van der Waals surface area (Å²) in [5.74, 6) is 0.110. The third kappa shape index (κ3) is 4.20. The van der Waals surface area contributed by atoms with Crippen molar-refractivity contribution in [1.82, 2.24) is 10.3 Å². The number of rotatable bonds is 6. The number of anilines is 1. The van der Waals surface area contributed by atoms with Gasteiger partial charge >= 0.3 is 0 Å². The number of para-hydroxylation sites is 1. The van der Waals surface area contributed by atoms with Crippen LogP contribution in [0.5, 0.6) is 5.75 Å². The number of aromatic hydroxyl groups is 1. The van der Waals surface area contributed by atoms with Gasteiger partial charge in [-0.15, -0.1) is 0 Å². The highest BCUT2D eigenvalue weighted by Crippen LogP contribution is 2.18. The molecule has 26 heavy (non-hydrogen) atoms. The number of aromatic nitrogens is 1. The fourth-order valence-corrected chi connectivity index (χ4v) is 2.50. The molecule has 1 amide bonds. The second-order valence-corrected chi connectivity index (χ2v) is 5.93. The number of nitrogens with one attached hydrogen (secondary N) is 1. The van der Waals surface area contributed by atoms with E-state index < -0.39 is 6.04 Å². The van der Waals surface area contributed by atoms with E-state index in [0.717, 1.165) is 11.1 Å². The van der Waals surface area contributed by atoms with E-state index in [1.807, 2.05) is 18.2 Å². The van der Waals surface area contributed by atoms with Crippen LogP contribution in [-0.2, 0) is 13.0 Å². The van der Waals surface area contributed by atoms with Gasteiger partial charge in [-0.1, -0.05) is 30.3 Å². The van der Waals surface area contributed by atoms with Crippen LogP contribution in [0.25, 0.3) is 0 Å². The Hall–Kier alpha value is -3.32. The number of nitrogens with two attached hydrogens (primary N) is 2. The number of oxazole rings is 1. The molecule has 0 bridgehead atoms. The highest BCUT2D eigenvalue weighted by Gasteiger charge is 2.17. The first kappa shape index (κ1) is 17.5. The molecule has 7 heteroatoms. The van der Waals surface area contributed by atoms with Crippen molar-refractivity contribution in [3.05, 3.63) is 77.5 Å². The predicted octanol–water partition coefficient (Wildman–Crippen LogP) is 2.13. The van der Waals surface area contributed by atoms with Gasteiger partial charge < -0.3 is 26.3 Å². The molecular weight excluding hydrogens is 332 g/mol. The van der Waals surface area contributed by atoms with Crippen molar-refractivity contribution < 1.29 is 14.3 Å². The van der Waals surface area contributed by atoms with Crippen LogP contribution in [0.4, 0.5) is 5.69 Å². The first-order valence-corrected chi connectivity index (χ1v) is 8.13. The van der Waals surface area contributed by atoms with E-state index in [0.29, 0.717) is 18.7 Å². The van der Waals surface area contributed by atoms with Crippen molar-refractivity contribution in [2.24, 2.45) is 5.73 Å². The average Bonchev–Trinajstić information content (AvgIpc) is 3.13. The van der Waals surface area contributed by atoms with Gasteiger partial charge in [0.25, 0.3) is 5.91 Å². The summed E-state index contributed by atoms with van der Waals surface area (Å²) in [7, 11) is 0. The molecule has 3 aromatic rings. The van der Waals surface area contributed by atoms with E-state index in [-0.39, 0.29) is 23.2 Å². The standard InChI is InChI=1S/C19H20N4O3/c20-15-4-2-1-3-13(15)10-22-18(25)17-11-26-19(23-17)16(21)9-12-5-7-14(24)8-6-12/h1-8,11,16,24H,9-10,20-21H2,(H,22,25). The summed E-state index contributed by atoms with van der Waals surface area (Å²) in [5, 5.41) is 12.1. The number of carbonyl (C=O) groups excluding carboxylic acids is 1. The molecule has 2 aromatic carbocycles. The van der Waals surface area contributed by atoms with E-state index in [4.69, 9.17) is 15.9 Å². The SMILES string of the molecule is Nc1ccccc1CNC(=O)c1coc(C(N)Cc2ccc(O)cc2)n1. The van der Waals surface area contributed by atoms with Crippen LogP contribution in [0.1, 0.15) is 33.5 Å². The first-order valence-electron chi connectivity index (χ1n) is 8.13. The van der Waals surface area contributed by atoms with E-state index in [1.165, 1.54) is 6.26 Å². The third-order valence-corrected chi connectivity index (χ3v) is 3.96. The fraction of sp³-hybridized carbons (Fsp3) is 0.158. The van der Waals surface area contributed by atoms with Crippen molar-refractivity contribution in [2.45, 2.75) is 19.0 Å². The topological polar surface area (TPSA) is 127 Å². The lowest BCUT2D eigenvalue weighted by molar-refractivity contribution is 0.0946. The Labute approximate surface area is 150 Å². The molecule has 0 spiro atoms. The Balaban J connectivity index is 1.60. The Morgan fingerprint density at radius 3 is 2.65 bits per heavy atom. The molecule has 134 valence electrons. The molecule has 7 nitrogen and oxygen atoms in total. The summed E-state index contributed by atoms with van der Waals surface area (Å²) in [5.41, 5.74) is 14.5. The zero-order chi connectivity index (χ0) is 18.5. The molecule has 1 atom stereocenters. The Kier molecular flexibility index (Phi) is 5.19. The van der Waals surface area contributed by atoms with Crippen molar-refractivity contribution in [1.29, 1.82) is 0 Å². The average molecular weight is 352 g/mol. The minimum absolute atomic E-state index is 0.163. The molecular formula is C19H20N4O3. The van der Waals surface area contributed by atoms with E-state index in [1.54, 1.807) is 30.3 Å². The number of carbonyl (C=O) groups is 1. The monoisotopic (exact) mass is 352 g/mol. The maximum atomic E-state index is 12.2. The van der Waals surface area contributed by atoms with Gasteiger partial charge in [0.1, 0.15) is 12.0 Å². The van der Waals surface area contributed by atoms with Crippen LogP contribution in [0.2, 0.25) is 0 Å². The molecule has 1 aromatic heterocycles. The van der Waals surface area contributed by atoms with Crippen LogP contribution in [0.3, 0.4) is 0 Å². The highest BCUT2D eigenvalue weighted by molar-refractivity contribution is 5.91. The third-order valence-electron chi connectivity index (χ3n) is 3.96. The molecule has 0 fully saturated rings. The van der Waals surface area contributed by atoms with Crippen molar-refractivity contribution in [3.8, 4) is 5.75 Å². The molecule has 3 rings (SSSR count). The number of benzene rings is 2. The number of nitrogen functional groups attached to an aromatic ring is 1. The van der Waals surface area contributed by atoms with Gasteiger partial charge in [0.05, 0.1) is 6.04 Å². The molecule has 0 saturated heterocycles. The fourth-order valence-electron chi connectivity index (χ4n) is 2.50. The summed E-state index contributed by atoms with van der Waals surface area (Å²) in [6, 6.07) is 13.5. The Bertz CT molecular complexity index is 890. The van der Waals surface area contributed by atoms with Crippen molar-refractivity contribution in [3.63, 3.8) is 0 Å². The minimum Gasteiger partial charge on any atom is -0.508 e. The number of nitrogens with zero attached hydrogens (tertiary/aromatic N) is 1. The lowest BCUT2D eigenvalue weighted by Crippen LogP contribution is -2.24.